The third-order valence-electron chi connectivity index (χ3n) is 3.85. The van der Waals surface area contributed by atoms with Crippen molar-refractivity contribution < 1.29 is 9.31 Å². The van der Waals surface area contributed by atoms with Gasteiger partial charge < -0.3 is 9.31 Å². The molecule has 0 aromatic carbocycles. The molecule has 3 nitrogen and oxygen atoms in total. The van der Waals surface area contributed by atoms with Gasteiger partial charge in [-0.1, -0.05) is 12.7 Å². The number of rotatable bonds is 2. The molecule has 1 aromatic rings. The highest BCUT2D eigenvalue weighted by Crippen LogP contribution is 2.36. The maximum Gasteiger partial charge on any atom is 0.514 e. The first-order valence-electron chi connectivity index (χ1n) is 6.21. The first kappa shape index (κ1) is 13.3. The second-order valence-corrected chi connectivity index (χ2v) is 5.76. The van der Waals surface area contributed by atoms with Crippen molar-refractivity contribution in [2.24, 2.45) is 0 Å². The predicted molar refractivity (Wildman–Crippen MR) is 74.8 cm³/mol. The number of aromatic nitrogens is 1. The van der Waals surface area contributed by atoms with Crippen molar-refractivity contribution in [2.75, 3.05) is 0 Å². The van der Waals surface area contributed by atoms with E-state index in [4.69, 9.17) is 9.31 Å². The molecule has 0 spiro atoms. The van der Waals surface area contributed by atoms with Crippen molar-refractivity contribution in [3.63, 3.8) is 0 Å². The van der Waals surface area contributed by atoms with Crippen LogP contribution < -0.4 is 5.59 Å². The largest absolute Gasteiger partial charge is 0.514 e. The third-order valence-corrected chi connectivity index (χ3v) is 3.85. The number of hydrogen-bond acceptors (Lipinski definition) is 3. The summed E-state index contributed by atoms with van der Waals surface area (Å²) in [7, 11) is -0.395. The minimum absolute atomic E-state index is 0.330. The van der Waals surface area contributed by atoms with E-state index in [0.717, 1.165) is 16.7 Å². The van der Waals surface area contributed by atoms with E-state index in [1.54, 1.807) is 12.3 Å². The molecule has 1 aliphatic heterocycles. The van der Waals surface area contributed by atoms with E-state index in [0.29, 0.717) is 0 Å². The Hall–Kier alpha value is -1.13. The average molecular weight is 245 g/mol. The standard InChI is InChI=1S/C14H20BNO2/c1-7-11-8-10(2)12(16-9-11)15-17-13(3,4)14(5,6)18-15/h7-9H,1H2,2-6H3. The van der Waals surface area contributed by atoms with E-state index in [9.17, 15) is 0 Å². The van der Waals surface area contributed by atoms with Gasteiger partial charge in [-0.05, 0) is 51.8 Å². The maximum atomic E-state index is 5.99. The van der Waals surface area contributed by atoms with Crippen LogP contribution in [0.1, 0.15) is 38.8 Å². The molecule has 0 aliphatic carbocycles. The van der Waals surface area contributed by atoms with Crippen LogP contribution in [0, 0.1) is 6.92 Å². The fourth-order valence-corrected chi connectivity index (χ4v) is 1.92. The summed E-state index contributed by atoms with van der Waals surface area (Å²) in [4.78, 5) is 4.44. The minimum atomic E-state index is -0.395. The highest BCUT2D eigenvalue weighted by atomic mass is 16.7. The van der Waals surface area contributed by atoms with E-state index in [1.165, 1.54) is 0 Å². The lowest BCUT2D eigenvalue weighted by Gasteiger charge is -2.32. The zero-order valence-electron chi connectivity index (χ0n) is 11.8. The Morgan fingerprint density at radius 3 is 2.22 bits per heavy atom. The third kappa shape index (κ3) is 2.11. The van der Waals surface area contributed by atoms with Crippen molar-refractivity contribution in [2.45, 2.75) is 45.8 Å². The molecule has 2 heterocycles. The topological polar surface area (TPSA) is 31.4 Å². The van der Waals surface area contributed by atoms with Gasteiger partial charge in [0.15, 0.2) is 0 Å². The molecular weight excluding hydrogens is 225 g/mol. The van der Waals surface area contributed by atoms with Crippen LogP contribution in [0.25, 0.3) is 6.08 Å². The van der Waals surface area contributed by atoms with Crippen molar-refractivity contribution in [1.82, 2.24) is 4.98 Å². The molecule has 18 heavy (non-hydrogen) atoms. The normalized spacial score (nSPS) is 21.1. The van der Waals surface area contributed by atoms with Crippen LogP contribution in [0.15, 0.2) is 18.8 Å². The van der Waals surface area contributed by atoms with Crippen LogP contribution in [-0.4, -0.2) is 23.3 Å². The summed E-state index contributed by atoms with van der Waals surface area (Å²) < 4.78 is 12.0. The lowest BCUT2D eigenvalue weighted by atomic mass is 9.81. The summed E-state index contributed by atoms with van der Waals surface area (Å²) in [5.41, 5.74) is 2.25. The number of hydrogen-bond donors (Lipinski definition) is 0. The molecule has 1 aliphatic rings. The van der Waals surface area contributed by atoms with Gasteiger partial charge in [0, 0.05) is 6.20 Å². The minimum Gasteiger partial charge on any atom is -0.398 e. The van der Waals surface area contributed by atoms with Crippen LogP contribution in [0.2, 0.25) is 0 Å². The Labute approximate surface area is 109 Å². The molecule has 0 saturated carbocycles. The van der Waals surface area contributed by atoms with Crippen LogP contribution in [0.5, 0.6) is 0 Å². The molecule has 0 radical (unpaired) electrons. The van der Waals surface area contributed by atoms with Crippen molar-refractivity contribution in [3.8, 4) is 0 Å². The highest BCUT2D eigenvalue weighted by molar-refractivity contribution is 6.61. The van der Waals surface area contributed by atoms with E-state index in [1.807, 2.05) is 40.7 Å². The second kappa shape index (κ2) is 4.21. The molecule has 96 valence electrons. The van der Waals surface area contributed by atoms with Gasteiger partial charge in [-0.25, -0.2) is 0 Å². The average Bonchev–Trinajstić information content (AvgIpc) is 2.47. The number of pyridine rings is 1. The van der Waals surface area contributed by atoms with Gasteiger partial charge in [-0.3, -0.25) is 4.98 Å². The van der Waals surface area contributed by atoms with E-state index in [2.05, 4.69) is 11.6 Å². The summed E-state index contributed by atoms with van der Waals surface area (Å²) >= 11 is 0. The zero-order chi connectivity index (χ0) is 13.6. The summed E-state index contributed by atoms with van der Waals surface area (Å²) in [6.45, 7) is 13.9. The Morgan fingerprint density at radius 1 is 1.22 bits per heavy atom. The maximum absolute atomic E-state index is 5.99. The van der Waals surface area contributed by atoms with Gasteiger partial charge in [0.1, 0.15) is 0 Å². The summed E-state index contributed by atoms with van der Waals surface area (Å²) in [5.74, 6) is 0. The first-order valence-corrected chi connectivity index (χ1v) is 6.21. The molecule has 0 N–H and O–H groups in total. The zero-order valence-corrected chi connectivity index (χ0v) is 11.8. The molecule has 1 aromatic heterocycles. The van der Waals surface area contributed by atoms with Crippen molar-refractivity contribution in [3.05, 3.63) is 30.0 Å². The molecule has 1 saturated heterocycles. The monoisotopic (exact) mass is 245 g/mol. The Morgan fingerprint density at radius 2 is 1.78 bits per heavy atom. The lowest BCUT2D eigenvalue weighted by Crippen LogP contribution is -2.41. The van der Waals surface area contributed by atoms with Gasteiger partial charge in [0.2, 0.25) is 0 Å². The number of aryl methyl sites for hydroxylation is 1. The Balaban J connectivity index is 2.32. The Kier molecular flexibility index (Phi) is 3.12. The van der Waals surface area contributed by atoms with Gasteiger partial charge in [0.05, 0.1) is 16.8 Å². The predicted octanol–water partition coefficient (Wildman–Crippen LogP) is 2.33. The van der Waals surface area contributed by atoms with Gasteiger partial charge in [-0.15, -0.1) is 0 Å². The smallest absolute Gasteiger partial charge is 0.398 e. The fourth-order valence-electron chi connectivity index (χ4n) is 1.92. The SMILES string of the molecule is C=Cc1cnc(B2OC(C)(C)C(C)(C)O2)c(C)c1. The van der Waals surface area contributed by atoms with Crippen LogP contribution in [0.4, 0.5) is 0 Å². The summed E-state index contributed by atoms with van der Waals surface area (Å²) in [6.07, 6.45) is 3.58. The van der Waals surface area contributed by atoms with E-state index >= 15 is 0 Å². The number of nitrogens with zero attached hydrogens (tertiary/aromatic N) is 1. The Bertz CT molecular complexity index is 467. The molecule has 0 atom stereocenters. The van der Waals surface area contributed by atoms with E-state index in [-0.39, 0.29) is 11.2 Å². The molecule has 0 unspecified atom stereocenters. The van der Waals surface area contributed by atoms with Crippen molar-refractivity contribution in [1.29, 1.82) is 0 Å². The van der Waals surface area contributed by atoms with Gasteiger partial charge in [-0.2, -0.15) is 0 Å². The molecule has 2 rings (SSSR count). The summed E-state index contributed by atoms with van der Waals surface area (Å²) in [6, 6.07) is 2.04. The quantitative estimate of drug-likeness (QED) is 0.749. The van der Waals surface area contributed by atoms with Crippen LogP contribution in [-0.2, 0) is 9.31 Å². The molecule has 1 fully saturated rings. The van der Waals surface area contributed by atoms with Crippen LogP contribution >= 0.6 is 0 Å². The van der Waals surface area contributed by atoms with Crippen LogP contribution in [0.3, 0.4) is 0 Å². The highest BCUT2D eigenvalue weighted by Gasteiger charge is 2.52. The first-order chi connectivity index (χ1) is 8.27. The summed E-state index contributed by atoms with van der Waals surface area (Å²) in [5, 5.41) is 0. The van der Waals surface area contributed by atoms with Crippen molar-refractivity contribution >= 4 is 18.8 Å². The van der Waals surface area contributed by atoms with Gasteiger partial charge in [0.25, 0.3) is 0 Å². The molecular formula is C14H20BNO2. The van der Waals surface area contributed by atoms with Gasteiger partial charge >= 0.3 is 7.12 Å². The van der Waals surface area contributed by atoms with E-state index < -0.39 is 7.12 Å². The molecule has 0 bridgehead atoms. The fraction of sp³-hybridized carbons (Fsp3) is 0.500. The lowest BCUT2D eigenvalue weighted by molar-refractivity contribution is 0.00578. The second-order valence-electron chi connectivity index (χ2n) is 5.76. The molecule has 0 amide bonds. The molecule has 4 heteroatoms.